The molecule has 2 heterocycles. The zero-order valence-electron chi connectivity index (χ0n) is 13.6. The van der Waals surface area contributed by atoms with Crippen LogP contribution in [0.3, 0.4) is 0 Å². The number of carbonyl (C=O) groups is 2. The highest BCUT2D eigenvalue weighted by molar-refractivity contribution is 7.14. The topological polar surface area (TPSA) is 49.4 Å². The van der Waals surface area contributed by atoms with Gasteiger partial charge < -0.3 is 10.2 Å². The minimum absolute atomic E-state index is 0.00925. The highest BCUT2D eigenvalue weighted by atomic mass is 32.1. The van der Waals surface area contributed by atoms with Gasteiger partial charge >= 0.3 is 0 Å². The van der Waals surface area contributed by atoms with Crippen molar-refractivity contribution in [1.29, 1.82) is 0 Å². The summed E-state index contributed by atoms with van der Waals surface area (Å²) in [6.45, 7) is 6.42. The van der Waals surface area contributed by atoms with Crippen LogP contribution >= 0.6 is 11.3 Å². The normalized spacial score (nSPS) is 15.7. The van der Waals surface area contributed by atoms with E-state index in [0.717, 1.165) is 50.1 Å². The summed E-state index contributed by atoms with van der Waals surface area (Å²) in [5.41, 5.74) is 1.25. The van der Waals surface area contributed by atoms with E-state index in [1.165, 1.54) is 10.4 Å². The molecule has 122 valence electrons. The Bertz CT molecular complexity index is 525. The van der Waals surface area contributed by atoms with E-state index in [0.29, 0.717) is 13.0 Å². The lowest BCUT2D eigenvalue weighted by molar-refractivity contribution is -0.130. The van der Waals surface area contributed by atoms with Crippen LogP contribution in [-0.4, -0.2) is 36.3 Å². The van der Waals surface area contributed by atoms with Crippen LogP contribution in [0.5, 0.6) is 0 Å². The first-order chi connectivity index (χ1) is 10.6. The molecule has 0 bridgehead atoms. The second-order valence-corrected chi connectivity index (χ2v) is 7.10. The summed E-state index contributed by atoms with van der Waals surface area (Å²) in [5.74, 6) is 0.278. The molecular weight excluding hydrogens is 296 g/mol. The SMILES string of the molecule is CCc1cc(C(=O)NCCCN2CCCCCC2=O)sc1C. The van der Waals surface area contributed by atoms with Crippen molar-refractivity contribution in [2.24, 2.45) is 0 Å². The van der Waals surface area contributed by atoms with Crippen LogP contribution in [0.15, 0.2) is 6.07 Å². The molecule has 2 amide bonds. The van der Waals surface area contributed by atoms with Gasteiger partial charge in [-0.25, -0.2) is 0 Å². The molecule has 0 aliphatic carbocycles. The fourth-order valence-electron chi connectivity index (χ4n) is 2.82. The molecule has 0 aromatic carbocycles. The van der Waals surface area contributed by atoms with Crippen molar-refractivity contribution in [2.45, 2.75) is 52.4 Å². The first kappa shape index (κ1) is 17.0. The fraction of sp³-hybridized carbons (Fsp3) is 0.647. The van der Waals surface area contributed by atoms with E-state index >= 15 is 0 Å². The van der Waals surface area contributed by atoms with E-state index in [-0.39, 0.29) is 11.8 Å². The zero-order valence-corrected chi connectivity index (χ0v) is 14.4. The Labute approximate surface area is 136 Å². The molecule has 1 aliphatic heterocycles. The van der Waals surface area contributed by atoms with Crippen molar-refractivity contribution < 1.29 is 9.59 Å². The minimum atomic E-state index is 0.00925. The van der Waals surface area contributed by atoms with E-state index in [1.807, 2.05) is 11.0 Å². The number of thiophene rings is 1. The summed E-state index contributed by atoms with van der Waals surface area (Å²) in [4.78, 5) is 28.0. The Hall–Kier alpha value is -1.36. The predicted octanol–water partition coefficient (Wildman–Crippen LogP) is 3.14. The first-order valence-electron chi connectivity index (χ1n) is 8.27. The Morgan fingerprint density at radius 3 is 2.91 bits per heavy atom. The third-order valence-electron chi connectivity index (χ3n) is 4.19. The van der Waals surface area contributed by atoms with Gasteiger partial charge in [0.05, 0.1) is 4.88 Å². The summed E-state index contributed by atoms with van der Waals surface area (Å²) in [6.07, 6.45) is 5.74. The quantitative estimate of drug-likeness (QED) is 0.818. The van der Waals surface area contributed by atoms with Crippen molar-refractivity contribution in [1.82, 2.24) is 10.2 Å². The van der Waals surface area contributed by atoms with Gasteiger partial charge in [-0.1, -0.05) is 13.3 Å². The van der Waals surface area contributed by atoms with Gasteiger partial charge in [-0.3, -0.25) is 9.59 Å². The van der Waals surface area contributed by atoms with Gasteiger partial charge in [0, 0.05) is 30.9 Å². The van der Waals surface area contributed by atoms with Crippen LogP contribution in [0, 0.1) is 6.92 Å². The lowest BCUT2D eigenvalue weighted by atomic mass is 10.2. The molecule has 0 unspecified atom stereocenters. The molecule has 0 radical (unpaired) electrons. The molecule has 1 aliphatic rings. The van der Waals surface area contributed by atoms with Crippen molar-refractivity contribution in [3.05, 3.63) is 21.4 Å². The summed E-state index contributed by atoms with van der Waals surface area (Å²) >= 11 is 1.56. The Morgan fingerprint density at radius 2 is 2.18 bits per heavy atom. The fourth-order valence-corrected chi connectivity index (χ4v) is 3.85. The summed E-state index contributed by atoms with van der Waals surface area (Å²) in [6, 6.07) is 1.99. The molecule has 4 nitrogen and oxygen atoms in total. The van der Waals surface area contributed by atoms with Crippen LogP contribution in [0.25, 0.3) is 0 Å². The highest BCUT2D eigenvalue weighted by Crippen LogP contribution is 2.21. The third kappa shape index (κ3) is 4.57. The number of hydrogen-bond donors (Lipinski definition) is 1. The Balaban J connectivity index is 1.73. The molecule has 1 saturated heterocycles. The molecule has 1 aromatic rings. The monoisotopic (exact) mass is 322 g/mol. The van der Waals surface area contributed by atoms with Gasteiger partial charge in [0.2, 0.25) is 5.91 Å². The lowest BCUT2D eigenvalue weighted by Gasteiger charge is -2.20. The van der Waals surface area contributed by atoms with Gasteiger partial charge in [0.15, 0.2) is 0 Å². The van der Waals surface area contributed by atoms with Crippen molar-refractivity contribution in [3.63, 3.8) is 0 Å². The van der Waals surface area contributed by atoms with Crippen molar-refractivity contribution >= 4 is 23.2 Å². The summed E-state index contributed by atoms with van der Waals surface area (Å²) in [7, 11) is 0. The Kier molecular flexibility index (Phi) is 6.43. The van der Waals surface area contributed by atoms with Gasteiger partial charge in [-0.05, 0) is 44.2 Å². The smallest absolute Gasteiger partial charge is 0.261 e. The van der Waals surface area contributed by atoms with Crippen LogP contribution in [0.1, 0.15) is 59.1 Å². The molecule has 0 spiro atoms. The molecule has 5 heteroatoms. The zero-order chi connectivity index (χ0) is 15.9. The number of likely N-dealkylation sites (tertiary alicyclic amines) is 1. The van der Waals surface area contributed by atoms with Gasteiger partial charge in [0.1, 0.15) is 0 Å². The largest absolute Gasteiger partial charge is 0.351 e. The minimum Gasteiger partial charge on any atom is -0.351 e. The van der Waals surface area contributed by atoms with Gasteiger partial charge in [-0.2, -0.15) is 0 Å². The van der Waals surface area contributed by atoms with E-state index in [9.17, 15) is 9.59 Å². The van der Waals surface area contributed by atoms with Crippen LogP contribution in [-0.2, 0) is 11.2 Å². The van der Waals surface area contributed by atoms with E-state index in [2.05, 4.69) is 19.2 Å². The summed E-state index contributed by atoms with van der Waals surface area (Å²) in [5, 5.41) is 2.97. The number of amides is 2. The first-order valence-corrected chi connectivity index (χ1v) is 9.08. The van der Waals surface area contributed by atoms with Gasteiger partial charge in [0.25, 0.3) is 5.91 Å². The molecule has 0 atom stereocenters. The predicted molar refractivity (Wildman–Crippen MR) is 90.4 cm³/mol. The van der Waals surface area contributed by atoms with Crippen molar-refractivity contribution in [2.75, 3.05) is 19.6 Å². The number of hydrogen-bond acceptors (Lipinski definition) is 3. The maximum atomic E-state index is 12.1. The maximum absolute atomic E-state index is 12.1. The molecular formula is C17H26N2O2S. The average Bonchev–Trinajstić information content (AvgIpc) is 2.77. The number of carbonyl (C=O) groups excluding carboxylic acids is 2. The standard InChI is InChI=1S/C17H26N2O2S/c1-3-14-12-15(22-13(14)2)17(21)18-9-7-11-19-10-6-4-5-8-16(19)20/h12H,3-11H2,1-2H3,(H,18,21). The van der Waals surface area contributed by atoms with E-state index < -0.39 is 0 Å². The Morgan fingerprint density at radius 1 is 1.36 bits per heavy atom. The molecule has 2 rings (SSSR count). The second-order valence-electron chi connectivity index (χ2n) is 5.85. The van der Waals surface area contributed by atoms with Crippen molar-refractivity contribution in [3.8, 4) is 0 Å². The van der Waals surface area contributed by atoms with E-state index in [1.54, 1.807) is 11.3 Å². The molecule has 1 N–H and O–H groups in total. The number of nitrogens with zero attached hydrogens (tertiary/aromatic N) is 1. The molecule has 0 saturated carbocycles. The second kappa shape index (κ2) is 8.32. The molecule has 1 aromatic heterocycles. The third-order valence-corrected chi connectivity index (χ3v) is 5.28. The number of nitrogens with one attached hydrogen (secondary N) is 1. The van der Waals surface area contributed by atoms with Gasteiger partial charge in [-0.15, -0.1) is 11.3 Å². The van der Waals surface area contributed by atoms with Crippen LogP contribution < -0.4 is 5.32 Å². The summed E-state index contributed by atoms with van der Waals surface area (Å²) < 4.78 is 0. The van der Waals surface area contributed by atoms with Crippen LogP contribution in [0.2, 0.25) is 0 Å². The highest BCUT2D eigenvalue weighted by Gasteiger charge is 2.16. The van der Waals surface area contributed by atoms with E-state index in [4.69, 9.17) is 0 Å². The average molecular weight is 322 g/mol. The number of aryl methyl sites for hydroxylation is 2. The van der Waals surface area contributed by atoms with Crippen LogP contribution in [0.4, 0.5) is 0 Å². The molecule has 1 fully saturated rings. The molecule has 22 heavy (non-hydrogen) atoms. The maximum Gasteiger partial charge on any atom is 0.261 e. The lowest BCUT2D eigenvalue weighted by Crippen LogP contribution is -2.33. The number of rotatable bonds is 6.